The van der Waals surface area contributed by atoms with Crippen LogP contribution in [0.2, 0.25) is 0 Å². The average molecular weight is 165 g/mol. The molecule has 0 unspecified atom stereocenters. The highest BCUT2D eigenvalue weighted by atomic mass is 15.2. The van der Waals surface area contributed by atoms with E-state index in [4.69, 9.17) is 0 Å². The highest BCUT2D eigenvalue weighted by Crippen LogP contribution is 2.46. The van der Waals surface area contributed by atoms with Gasteiger partial charge in [-0.05, 0) is 44.1 Å². The molecule has 4 atom stereocenters. The largest absolute Gasteiger partial charge is 0.297 e. The lowest BCUT2D eigenvalue weighted by molar-refractivity contribution is 0.224. The van der Waals surface area contributed by atoms with Gasteiger partial charge in [0.25, 0.3) is 0 Å². The molecule has 1 saturated carbocycles. The van der Waals surface area contributed by atoms with Crippen molar-refractivity contribution in [1.29, 1.82) is 0 Å². The van der Waals surface area contributed by atoms with Gasteiger partial charge < -0.3 is 0 Å². The predicted octanol–water partition coefficient (Wildman–Crippen LogP) is 2.27. The lowest BCUT2D eigenvalue weighted by Crippen LogP contribution is -2.32. The molecule has 3 rings (SSSR count). The van der Waals surface area contributed by atoms with Crippen molar-refractivity contribution in [3.8, 4) is 0 Å². The van der Waals surface area contributed by atoms with Gasteiger partial charge in [-0.25, -0.2) is 0 Å². The molecule has 1 aliphatic carbocycles. The Kier molecular flexibility index (Phi) is 1.52. The van der Waals surface area contributed by atoms with E-state index in [2.05, 4.69) is 11.8 Å². The zero-order valence-corrected chi connectivity index (χ0v) is 8.00. The van der Waals surface area contributed by atoms with Gasteiger partial charge in [0.15, 0.2) is 0 Å². The monoisotopic (exact) mass is 165 g/mol. The Balaban J connectivity index is 1.83. The molecule has 2 aliphatic heterocycles. The first-order valence-electron chi connectivity index (χ1n) is 5.62. The van der Waals surface area contributed by atoms with Gasteiger partial charge in [0, 0.05) is 12.1 Å². The fourth-order valence-corrected chi connectivity index (χ4v) is 3.86. The molecule has 2 heterocycles. The molecule has 1 nitrogen and oxygen atoms in total. The van der Waals surface area contributed by atoms with Crippen LogP contribution in [0.15, 0.2) is 0 Å². The lowest BCUT2D eigenvalue weighted by atomic mass is 9.94. The third-order valence-corrected chi connectivity index (χ3v) is 4.51. The molecular formula is C11H19N. The number of hydrogen-bond acceptors (Lipinski definition) is 1. The molecular weight excluding hydrogens is 146 g/mol. The molecule has 0 aromatic rings. The first-order chi connectivity index (χ1) is 5.86. The Bertz CT molecular complexity index is 187. The zero-order chi connectivity index (χ0) is 8.13. The molecule has 3 aliphatic rings. The Morgan fingerprint density at radius 1 is 1.08 bits per heavy atom. The molecule has 0 radical (unpaired) electrons. The standard InChI is InChI=1S/C11H19N/c1-8-5-6-12-10-4-2-3-9(10)7-11(8)12/h8-11H,2-7H2,1H3/t8-,9+,10+,11-/m1/s1. The number of nitrogens with zero attached hydrogens (tertiary/aromatic N) is 1. The summed E-state index contributed by atoms with van der Waals surface area (Å²) in [5, 5.41) is 0. The molecule has 0 bridgehead atoms. The molecule has 2 saturated heterocycles. The number of hydrogen-bond donors (Lipinski definition) is 0. The van der Waals surface area contributed by atoms with E-state index in [1.54, 1.807) is 0 Å². The fraction of sp³-hybridized carbons (Fsp3) is 1.00. The van der Waals surface area contributed by atoms with Gasteiger partial charge in [-0.1, -0.05) is 13.3 Å². The topological polar surface area (TPSA) is 3.24 Å². The molecule has 1 heteroatoms. The summed E-state index contributed by atoms with van der Waals surface area (Å²) in [4.78, 5) is 2.84. The Labute approximate surface area is 75.1 Å². The summed E-state index contributed by atoms with van der Waals surface area (Å²) in [7, 11) is 0. The van der Waals surface area contributed by atoms with Gasteiger partial charge in [0.1, 0.15) is 0 Å². The summed E-state index contributed by atoms with van der Waals surface area (Å²) in [6.07, 6.45) is 7.55. The van der Waals surface area contributed by atoms with E-state index in [1.807, 2.05) is 0 Å². The van der Waals surface area contributed by atoms with Crippen LogP contribution in [0.5, 0.6) is 0 Å². The van der Waals surface area contributed by atoms with Crippen molar-refractivity contribution >= 4 is 0 Å². The number of fused-ring (bicyclic) bond motifs is 3. The van der Waals surface area contributed by atoms with Crippen molar-refractivity contribution in [3.63, 3.8) is 0 Å². The molecule has 0 aromatic heterocycles. The van der Waals surface area contributed by atoms with Gasteiger partial charge >= 0.3 is 0 Å². The molecule has 68 valence electrons. The molecule has 0 amide bonds. The van der Waals surface area contributed by atoms with Crippen molar-refractivity contribution in [2.24, 2.45) is 11.8 Å². The normalized spacial score (nSPS) is 52.8. The number of rotatable bonds is 0. The van der Waals surface area contributed by atoms with E-state index in [9.17, 15) is 0 Å². The predicted molar refractivity (Wildman–Crippen MR) is 50.0 cm³/mol. The summed E-state index contributed by atoms with van der Waals surface area (Å²) in [6.45, 7) is 3.86. The van der Waals surface area contributed by atoms with Gasteiger partial charge in [-0.2, -0.15) is 0 Å². The van der Waals surface area contributed by atoms with Gasteiger partial charge in [0.05, 0.1) is 0 Å². The van der Waals surface area contributed by atoms with Crippen LogP contribution in [-0.2, 0) is 0 Å². The van der Waals surface area contributed by atoms with Crippen molar-refractivity contribution in [2.45, 2.75) is 51.1 Å². The highest BCUT2D eigenvalue weighted by molar-refractivity contribution is 5.01. The van der Waals surface area contributed by atoms with Crippen LogP contribution in [0.25, 0.3) is 0 Å². The maximum atomic E-state index is 2.84. The summed E-state index contributed by atoms with van der Waals surface area (Å²) < 4.78 is 0. The van der Waals surface area contributed by atoms with Crippen LogP contribution in [0.3, 0.4) is 0 Å². The van der Waals surface area contributed by atoms with Crippen LogP contribution in [0.4, 0.5) is 0 Å². The summed E-state index contributed by atoms with van der Waals surface area (Å²) in [5.41, 5.74) is 0. The van der Waals surface area contributed by atoms with E-state index in [1.165, 1.54) is 38.6 Å². The van der Waals surface area contributed by atoms with Crippen molar-refractivity contribution in [1.82, 2.24) is 4.90 Å². The van der Waals surface area contributed by atoms with E-state index >= 15 is 0 Å². The molecule has 0 N–H and O–H groups in total. The average Bonchev–Trinajstić information content (AvgIpc) is 2.63. The minimum atomic E-state index is 0.986. The smallest absolute Gasteiger partial charge is 0.0128 e. The fourth-order valence-electron chi connectivity index (χ4n) is 3.86. The van der Waals surface area contributed by atoms with Crippen LogP contribution in [0.1, 0.15) is 39.0 Å². The van der Waals surface area contributed by atoms with Gasteiger partial charge in [-0.3, -0.25) is 4.90 Å². The minimum Gasteiger partial charge on any atom is -0.297 e. The van der Waals surface area contributed by atoms with E-state index in [-0.39, 0.29) is 0 Å². The van der Waals surface area contributed by atoms with Crippen LogP contribution < -0.4 is 0 Å². The second-order valence-corrected chi connectivity index (χ2v) is 5.07. The Hall–Kier alpha value is -0.0400. The first-order valence-corrected chi connectivity index (χ1v) is 5.62. The quantitative estimate of drug-likeness (QED) is 0.532. The van der Waals surface area contributed by atoms with Crippen molar-refractivity contribution in [3.05, 3.63) is 0 Å². The van der Waals surface area contributed by atoms with E-state index < -0.39 is 0 Å². The molecule has 0 spiro atoms. The Morgan fingerprint density at radius 2 is 2.00 bits per heavy atom. The van der Waals surface area contributed by atoms with Crippen LogP contribution >= 0.6 is 0 Å². The first kappa shape index (κ1) is 7.37. The maximum Gasteiger partial charge on any atom is 0.0128 e. The molecule has 0 aromatic carbocycles. The third kappa shape index (κ3) is 0.834. The lowest BCUT2D eigenvalue weighted by Gasteiger charge is -2.23. The molecule has 3 fully saturated rings. The second-order valence-electron chi connectivity index (χ2n) is 5.07. The SMILES string of the molecule is C[C@@H]1CCN2[C@@H]1C[C@@H]1CCC[C@@H]12. The summed E-state index contributed by atoms with van der Waals surface area (Å²) >= 11 is 0. The third-order valence-electron chi connectivity index (χ3n) is 4.51. The molecule has 12 heavy (non-hydrogen) atoms. The zero-order valence-electron chi connectivity index (χ0n) is 8.00. The summed E-state index contributed by atoms with van der Waals surface area (Å²) in [5.74, 6) is 2.09. The van der Waals surface area contributed by atoms with Crippen LogP contribution in [-0.4, -0.2) is 23.5 Å². The highest BCUT2D eigenvalue weighted by Gasteiger charge is 2.47. The van der Waals surface area contributed by atoms with Gasteiger partial charge in [-0.15, -0.1) is 0 Å². The van der Waals surface area contributed by atoms with Gasteiger partial charge in [0.2, 0.25) is 0 Å². The maximum absolute atomic E-state index is 2.84. The minimum absolute atomic E-state index is 0.986. The van der Waals surface area contributed by atoms with E-state index in [0.717, 1.165) is 23.9 Å². The Morgan fingerprint density at radius 3 is 2.92 bits per heavy atom. The van der Waals surface area contributed by atoms with Crippen molar-refractivity contribution in [2.75, 3.05) is 6.54 Å². The second kappa shape index (κ2) is 2.47. The van der Waals surface area contributed by atoms with E-state index in [0.29, 0.717) is 0 Å². The van der Waals surface area contributed by atoms with Crippen LogP contribution in [0, 0.1) is 11.8 Å². The van der Waals surface area contributed by atoms with Crippen molar-refractivity contribution < 1.29 is 0 Å². The summed E-state index contributed by atoms with van der Waals surface area (Å²) in [6, 6.07) is 2.00.